The van der Waals surface area contributed by atoms with Crippen LogP contribution in [0.4, 0.5) is 0 Å². The summed E-state index contributed by atoms with van der Waals surface area (Å²) in [4.78, 5) is 71.5. The highest BCUT2D eigenvalue weighted by atomic mass is 16.6. The average molecular weight is 902 g/mol. The molecule has 4 aliphatic rings. The molecule has 2 bridgehead atoms. The SMILES string of the molecule is CO[C@@H]1C[C@H](C[C@@H](C)[C@@H]2CC(=O)[C@H](C)CC(C)[C@@H](O)[C@@H](OC)C(=O)[C@H](C)C[C@H](C)/C=C/C=CC=C(C)[C@@H](O)C[C@@H]3CC[C@@H](C)[C@@](O)(O3)C(=O)C(=O)N3CCCC[C@H]3C(=O)O2)CC[C@H]1O. The van der Waals surface area contributed by atoms with Crippen molar-refractivity contribution in [3.05, 3.63) is 36.0 Å². The second-order valence-corrected chi connectivity index (χ2v) is 19.8. The van der Waals surface area contributed by atoms with Gasteiger partial charge in [-0.25, -0.2) is 4.79 Å². The molecule has 0 aromatic heterocycles. The van der Waals surface area contributed by atoms with Crippen LogP contribution in [-0.2, 0) is 42.9 Å². The van der Waals surface area contributed by atoms with Crippen LogP contribution < -0.4 is 0 Å². The van der Waals surface area contributed by atoms with E-state index in [1.54, 1.807) is 47.0 Å². The maximum atomic E-state index is 14.3. The third-order valence-electron chi connectivity index (χ3n) is 14.6. The minimum atomic E-state index is -2.48. The molecule has 0 radical (unpaired) electrons. The molecule has 1 saturated carbocycles. The van der Waals surface area contributed by atoms with E-state index < -0.39 is 89.8 Å². The molecule has 362 valence electrons. The van der Waals surface area contributed by atoms with Crippen LogP contribution in [0, 0.1) is 41.4 Å². The highest BCUT2D eigenvalue weighted by Gasteiger charge is 2.53. The number of allylic oxidation sites excluding steroid dienone is 5. The molecule has 3 heterocycles. The summed E-state index contributed by atoms with van der Waals surface area (Å²) in [6.45, 7) is 12.7. The lowest BCUT2D eigenvalue weighted by molar-refractivity contribution is -0.265. The van der Waals surface area contributed by atoms with E-state index >= 15 is 0 Å². The quantitative estimate of drug-likeness (QED) is 0.196. The van der Waals surface area contributed by atoms with E-state index in [0.29, 0.717) is 56.9 Å². The molecule has 0 aromatic carbocycles. The molecule has 4 rings (SSSR count). The Balaban J connectivity index is 1.66. The van der Waals surface area contributed by atoms with Crippen molar-refractivity contribution < 1.29 is 63.3 Å². The standard InChI is InChI=1S/C50H79NO13/c1-29-15-11-10-12-16-30(2)40(53)27-37-20-18-35(7)50(60,64-37)47(57)48(58)51-22-14-13-17-38(51)49(59)63-42(32(4)25-36-19-21-39(52)43(26-36)61-8)28-41(54)31(3)24-34(6)45(56)46(62-9)44(55)33(5)23-29/h10-12,15-16,29,31-40,42-43,45-46,52-53,56,60H,13-14,17-28H2,1-9H3/b12-10?,15-11+,30-16?/t29-,31-,32-,33-,34?,35-,36+,37+,38+,39-,40+,42+,43-,45-,46+,50-/m1/s1. The first-order chi connectivity index (χ1) is 30.2. The van der Waals surface area contributed by atoms with Crippen LogP contribution in [0.25, 0.3) is 0 Å². The van der Waals surface area contributed by atoms with Gasteiger partial charge in [-0.2, -0.15) is 0 Å². The minimum Gasteiger partial charge on any atom is -0.460 e. The van der Waals surface area contributed by atoms with Crippen molar-refractivity contribution >= 4 is 29.2 Å². The number of hydrogen-bond acceptors (Lipinski definition) is 13. The zero-order valence-electron chi connectivity index (χ0n) is 39.9. The van der Waals surface area contributed by atoms with E-state index in [4.69, 9.17) is 18.9 Å². The first-order valence-electron chi connectivity index (χ1n) is 23.9. The maximum Gasteiger partial charge on any atom is 0.329 e. The van der Waals surface area contributed by atoms with Crippen LogP contribution >= 0.6 is 0 Å². The fourth-order valence-corrected chi connectivity index (χ4v) is 10.2. The van der Waals surface area contributed by atoms with Gasteiger partial charge < -0.3 is 44.3 Å². The third kappa shape index (κ3) is 14.0. The Morgan fingerprint density at radius 1 is 0.844 bits per heavy atom. The van der Waals surface area contributed by atoms with E-state index in [9.17, 15) is 44.4 Å². The van der Waals surface area contributed by atoms with Gasteiger partial charge >= 0.3 is 5.97 Å². The number of cyclic esters (lactones) is 1. The predicted octanol–water partition coefficient (Wildman–Crippen LogP) is 5.61. The summed E-state index contributed by atoms with van der Waals surface area (Å²) in [7, 11) is 2.96. The normalized spacial score (nSPS) is 40.0. The number of ether oxygens (including phenoxy) is 4. The maximum absolute atomic E-state index is 14.3. The molecule has 1 unspecified atom stereocenters. The Morgan fingerprint density at radius 3 is 2.25 bits per heavy atom. The second kappa shape index (κ2) is 24.6. The fourth-order valence-electron chi connectivity index (χ4n) is 10.2. The second-order valence-electron chi connectivity index (χ2n) is 19.8. The highest BCUT2D eigenvalue weighted by molar-refractivity contribution is 6.39. The van der Waals surface area contributed by atoms with Crippen LogP contribution in [0.1, 0.15) is 132 Å². The highest BCUT2D eigenvalue weighted by Crippen LogP contribution is 2.37. The summed E-state index contributed by atoms with van der Waals surface area (Å²) in [6, 6.07) is -1.15. The molecule has 16 atom stereocenters. The summed E-state index contributed by atoms with van der Waals surface area (Å²) >= 11 is 0. The van der Waals surface area contributed by atoms with Gasteiger partial charge in [0.1, 0.15) is 24.0 Å². The van der Waals surface area contributed by atoms with Crippen molar-refractivity contribution in [2.75, 3.05) is 20.8 Å². The Morgan fingerprint density at radius 2 is 1.56 bits per heavy atom. The third-order valence-corrected chi connectivity index (χ3v) is 14.6. The number of Topliss-reactive ketones (excluding diaryl/α,β-unsaturated/α-hetero) is 3. The Kier molecular flexibility index (Phi) is 20.6. The molecule has 4 N–H and O–H groups in total. The number of ketones is 3. The van der Waals surface area contributed by atoms with Gasteiger partial charge in [-0.15, -0.1) is 0 Å². The number of esters is 1. The molecule has 0 spiro atoms. The van der Waals surface area contributed by atoms with E-state index in [2.05, 4.69) is 0 Å². The molecule has 3 aliphatic heterocycles. The molecule has 3 fully saturated rings. The average Bonchev–Trinajstić information content (AvgIpc) is 3.26. The van der Waals surface area contributed by atoms with Crippen molar-refractivity contribution in [3.63, 3.8) is 0 Å². The molecule has 0 aromatic rings. The Bertz CT molecular complexity index is 1680. The van der Waals surface area contributed by atoms with Gasteiger partial charge in [-0.1, -0.05) is 71.9 Å². The van der Waals surface area contributed by atoms with Crippen LogP contribution in [0.5, 0.6) is 0 Å². The lowest BCUT2D eigenvalue weighted by atomic mass is 9.78. The first kappa shape index (κ1) is 53.5. The zero-order chi connectivity index (χ0) is 47.5. The van der Waals surface area contributed by atoms with Gasteiger partial charge in [0.25, 0.3) is 11.7 Å². The minimum absolute atomic E-state index is 0.00973. The number of nitrogens with zero attached hydrogens (tertiary/aromatic N) is 1. The number of carbonyl (C=O) groups excluding carboxylic acids is 5. The van der Waals surface area contributed by atoms with Crippen LogP contribution in [0.3, 0.4) is 0 Å². The van der Waals surface area contributed by atoms with E-state index in [1.807, 2.05) is 39.0 Å². The number of aliphatic hydroxyl groups is 4. The van der Waals surface area contributed by atoms with Gasteiger partial charge in [-0.05, 0) is 107 Å². The molecule has 1 aliphatic carbocycles. The number of rotatable bonds is 5. The van der Waals surface area contributed by atoms with Crippen LogP contribution in [-0.4, -0.2) is 130 Å². The summed E-state index contributed by atoms with van der Waals surface area (Å²) < 4.78 is 23.4. The van der Waals surface area contributed by atoms with Crippen molar-refractivity contribution in [3.8, 4) is 0 Å². The number of piperidine rings is 1. The molecular weight excluding hydrogens is 823 g/mol. The number of amides is 1. The summed E-state index contributed by atoms with van der Waals surface area (Å²) in [6.07, 6.45) is 8.60. The van der Waals surface area contributed by atoms with Gasteiger partial charge in [0, 0.05) is 51.4 Å². The predicted molar refractivity (Wildman–Crippen MR) is 240 cm³/mol. The zero-order valence-corrected chi connectivity index (χ0v) is 39.9. The van der Waals surface area contributed by atoms with Crippen molar-refractivity contribution in [2.24, 2.45) is 41.4 Å². The topological polar surface area (TPSA) is 206 Å². The number of aliphatic hydroxyl groups excluding tert-OH is 3. The first-order valence-corrected chi connectivity index (χ1v) is 23.9. The Labute approximate surface area is 381 Å². The molecule has 64 heavy (non-hydrogen) atoms. The number of hydrogen-bond donors (Lipinski definition) is 4. The van der Waals surface area contributed by atoms with Crippen molar-refractivity contribution in [1.29, 1.82) is 0 Å². The van der Waals surface area contributed by atoms with Crippen molar-refractivity contribution in [2.45, 2.75) is 186 Å². The largest absolute Gasteiger partial charge is 0.460 e. The Hall–Kier alpha value is -3.11. The van der Waals surface area contributed by atoms with Crippen LogP contribution in [0.15, 0.2) is 36.0 Å². The number of fused-ring (bicyclic) bond motifs is 3. The van der Waals surface area contributed by atoms with Gasteiger partial charge in [0.2, 0.25) is 5.79 Å². The molecule has 14 nitrogen and oxygen atoms in total. The van der Waals surface area contributed by atoms with Crippen LogP contribution in [0.2, 0.25) is 0 Å². The lowest BCUT2D eigenvalue weighted by Crippen LogP contribution is -2.61. The van der Waals surface area contributed by atoms with E-state index in [0.717, 1.165) is 6.42 Å². The van der Waals surface area contributed by atoms with Gasteiger partial charge in [0.15, 0.2) is 5.78 Å². The molecule has 1 amide bonds. The number of carbonyl (C=O) groups is 5. The molecular formula is C50H79NO13. The number of methoxy groups -OCH3 is 2. The smallest absolute Gasteiger partial charge is 0.329 e. The fraction of sp³-hybridized carbons (Fsp3) is 0.780. The van der Waals surface area contributed by atoms with E-state index in [1.165, 1.54) is 12.0 Å². The van der Waals surface area contributed by atoms with E-state index in [-0.39, 0.29) is 67.7 Å². The molecule has 2 saturated heterocycles. The molecule has 14 heteroatoms. The van der Waals surface area contributed by atoms with Crippen molar-refractivity contribution in [1.82, 2.24) is 4.90 Å². The monoisotopic (exact) mass is 902 g/mol. The lowest BCUT2D eigenvalue weighted by Gasteiger charge is -2.42. The van der Waals surface area contributed by atoms with Gasteiger partial charge in [0.05, 0.1) is 30.5 Å². The van der Waals surface area contributed by atoms with Gasteiger partial charge in [-0.3, -0.25) is 19.2 Å². The summed E-state index contributed by atoms with van der Waals surface area (Å²) in [5.74, 6) is -8.36. The summed E-state index contributed by atoms with van der Waals surface area (Å²) in [5, 5.41) is 44.9. The summed E-state index contributed by atoms with van der Waals surface area (Å²) in [5.41, 5.74) is 0.627.